The van der Waals surface area contributed by atoms with Crippen LogP contribution in [0.15, 0.2) is 12.2 Å². The van der Waals surface area contributed by atoms with Gasteiger partial charge in [-0.15, -0.1) is 0 Å². The van der Waals surface area contributed by atoms with E-state index in [4.69, 9.17) is 14.9 Å². The predicted molar refractivity (Wildman–Crippen MR) is 106 cm³/mol. The monoisotopic (exact) mass is 386 g/mol. The van der Waals surface area contributed by atoms with E-state index in [0.717, 1.165) is 19.3 Å². The zero-order valence-corrected chi connectivity index (χ0v) is 17.7. The summed E-state index contributed by atoms with van der Waals surface area (Å²) in [6.45, 7) is 9.76. The zero-order valence-electron chi connectivity index (χ0n) is 17.7. The van der Waals surface area contributed by atoms with Crippen molar-refractivity contribution in [3.05, 3.63) is 12.2 Å². The molecule has 27 heavy (non-hydrogen) atoms. The molecule has 2 amide bonds. The summed E-state index contributed by atoms with van der Waals surface area (Å²) in [5.74, 6) is -1.79. The fraction of sp³-hybridized carbons (Fsp3) is 0.800. The standard InChI is InChI=1S/C17H30N2O3.C3H8O2/c1-17(2,3)11-7-5-6-10-14(22-4)16(21)19-13-9-8-12-18-15(13)20;1-3(2,4)5/h7,11,13-14H,5-6,8-10,12H2,1-4H3,(H,18,20)(H,19,21);4-5H,1-2H3/b11-7+;. The van der Waals surface area contributed by atoms with Crippen molar-refractivity contribution in [3.63, 3.8) is 0 Å². The van der Waals surface area contributed by atoms with Crippen molar-refractivity contribution >= 4 is 11.8 Å². The number of carbonyl (C=O) groups excluding carboxylic acids is 2. The molecule has 0 aromatic heterocycles. The van der Waals surface area contributed by atoms with Crippen molar-refractivity contribution in [2.45, 2.75) is 84.7 Å². The highest BCUT2D eigenvalue weighted by atomic mass is 16.5. The summed E-state index contributed by atoms with van der Waals surface area (Å²) in [6.07, 6.45) is 7.90. The van der Waals surface area contributed by atoms with Gasteiger partial charge in [0.15, 0.2) is 5.79 Å². The fourth-order valence-electron chi connectivity index (χ4n) is 2.39. The van der Waals surface area contributed by atoms with Crippen LogP contribution < -0.4 is 10.6 Å². The summed E-state index contributed by atoms with van der Waals surface area (Å²) in [6, 6.07) is -0.417. The number of piperidine rings is 1. The Balaban J connectivity index is 0.00000119. The molecule has 1 rings (SSSR count). The molecule has 1 saturated heterocycles. The van der Waals surface area contributed by atoms with Crippen LogP contribution in [-0.2, 0) is 14.3 Å². The highest BCUT2D eigenvalue weighted by Crippen LogP contribution is 2.16. The third-order valence-electron chi connectivity index (χ3n) is 3.63. The number of carbonyl (C=O) groups is 2. The largest absolute Gasteiger partial charge is 0.372 e. The normalized spacial score (nSPS) is 19.1. The first-order valence-corrected chi connectivity index (χ1v) is 9.57. The van der Waals surface area contributed by atoms with E-state index in [-0.39, 0.29) is 17.2 Å². The van der Waals surface area contributed by atoms with Crippen LogP contribution in [-0.4, -0.2) is 53.6 Å². The average Bonchev–Trinajstić information content (AvgIpc) is 2.50. The number of nitrogens with one attached hydrogen (secondary N) is 2. The van der Waals surface area contributed by atoms with Crippen LogP contribution in [0.1, 0.15) is 66.7 Å². The number of rotatable bonds is 7. The third-order valence-corrected chi connectivity index (χ3v) is 3.63. The summed E-state index contributed by atoms with van der Waals surface area (Å²) in [5, 5.41) is 21.7. The van der Waals surface area contributed by atoms with E-state index >= 15 is 0 Å². The van der Waals surface area contributed by atoms with Crippen molar-refractivity contribution in [2.24, 2.45) is 5.41 Å². The Hall–Kier alpha value is -1.44. The number of aliphatic hydroxyl groups is 2. The third kappa shape index (κ3) is 15.3. The van der Waals surface area contributed by atoms with Crippen LogP contribution in [0.3, 0.4) is 0 Å². The smallest absolute Gasteiger partial charge is 0.249 e. The molecular formula is C20H38N2O5. The van der Waals surface area contributed by atoms with E-state index in [1.165, 1.54) is 21.0 Å². The Bertz CT molecular complexity index is 472. The molecule has 1 fully saturated rings. The van der Waals surface area contributed by atoms with Crippen LogP contribution >= 0.6 is 0 Å². The minimum Gasteiger partial charge on any atom is -0.372 e. The molecule has 0 spiro atoms. The topological polar surface area (TPSA) is 108 Å². The first-order chi connectivity index (χ1) is 12.3. The Morgan fingerprint density at radius 3 is 2.41 bits per heavy atom. The number of allylic oxidation sites excluding steroid dienone is 2. The Kier molecular flexibility index (Phi) is 11.5. The average molecular weight is 387 g/mol. The molecule has 0 saturated carbocycles. The molecule has 7 nitrogen and oxygen atoms in total. The van der Waals surface area contributed by atoms with Crippen molar-refractivity contribution in [2.75, 3.05) is 13.7 Å². The molecule has 158 valence electrons. The van der Waals surface area contributed by atoms with E-state index in [1.54, 1.807) is 0 Å². The van der Waals surface area contributed by atoms with E-state index in [9.17, 15) is 9.59 Å². The van der Waals surface area contributed by atoms with Gasteiger partial charge < -0.3 is 25.6 Å². The van der Waals surface area contributed by atoms with Crippen molar-refractivity contribution < 1.29 is 24.5 Å². The maximum Gasteiger partial charge on any atom is 0.249 e. The number of amides is 2. The first kappa shape index (κ1) is 25.6. The highest BCUT2D eigenvalue weighted by molar-refractivity contribution is 5.89. The molecular weight excluding hydrogens is 348 g/mol. The van der Waals surface area contributed by atoms with Gasteiger partial charge in [0, 0.05) is 13.7 Å². The Morgan fingerprint density at radius 1 is 1.33 bits per heavy atom. The maximum absolute atomic E-state index is 12.2. The van der Waals surface area contributed by atoms with E-state index in [1.807, 2.05) is 0 Å². The SMILES string of the molecule is CC(C)(O)O.COC(CCC/C=C/C(C)(C)C)C(=O)NC1CCCNC1=O. The Labute approximate surface area is 163 Å². The van der Waals surface area contributed by atoms with E-state index < -0.39 is 17.9 Å². The molecule has 2 atom stereocenters. The van der Waals surface area contributed by atoms with Crippen LogP contribution in [0.4, 0.5) is 0 Å². The quantitative estimate of drug-likeness (QED) is 0.303. The van der Waals surface area contributed by atoms with Gasteiger partial charge in [-0.1, -0.05) is 32.9 Å². The van der Waals surface area contributed by atoms with Gasteiger partial charge in [-0.05, 0) is 51.4 Å². The van der Waals surface area contributed by atoms with Crippen LogP contribution in [0.2, 0.25) is 0 Å². The van der Waals surface area contributed by atoms with Gasteiger partial charge in [-0.2, -0.15) is 0 Å². The van der Waals surface area contributed by atoms with Gasteiger partial charge in [0.2, 0.25) is 11.8 Å². The summed E-state index contributed by atoms with van der Waals surface area (Å²) >= 11 is 0. The van der Waals surface area contributed by atoms with E-state index in [2.05, 4.69) is 43.6 Å². The van der Waals surface area contributed by atoms with Crippen LogP contribution in [0, 0.1) is 5.41 Å². The fourth-order valence-corrected chi connectivity index (χ4v) is 2.39. The zero-order chi connectivity index (χ0) is 21.1. The lowest BCUT2D eigenvalue weighted by molar-refractivity contribution is -0.136. The van der Waals surface area contributed by atoms with Gasteiger partial charge in [0.05, 0.1) is 0 Å². The number of hydrogen-bond acceptors (Lipinski definition) is 5. The highest BCUT2D eigenvalue weighted by Gasteiger charge is 2.26. The summed E-state index contributed by atoms with van der Waals surface area (Å²) in [4.78, 5) is 23.8. The second kappa shape index (κ2) is 12.1. The second-order valence-electron chi connectivity index (χ2n) is 8.41. The van der Waals surface area contributed by atoms with Crippen molar-refractivity contribution in [3.8, 4) is 0 Å². The maximum atomic E-state index is 12.2. The first-order valence-electron chi connectivity index (χ1n) is 9.57. The van der Waals surface area contributed by atoms with Crippen LogP contribution in [0.5, 0.6) is 0 Å². The lowest BCUT2D eigenvalue weighted by Crippen LogP contribution is -2.52. The molecule has 0 aromatic rings. The lowest BCUT2D eigenvalue weighted by atomic mass is 9.95. The Morgan fingerprint density at radius 2 is 1.93 bits per heavy atom. The minimum atomic E-state index is -1.50. The van der Waals surface area contributed by atoms with Crippen molar-refractivity contribution in [1.82, 2.24) is 10.6 Å². The van der Waals surface area contributed by atoms with Gasteiger partial charge in [0.25, 0.3) is 0 Å². The van der Waals surface area contributed by atoms with Gasteiger partial charge in [-0.3, -0.25) is 9.59 Å². The van der Waals surface area contributed by atoms with Gasteiger partial charge in [-0.25, -0.2) is 0 Å². The lowest BCUT2D eigenvalue weighted by Gasteiger charge is -2.24. The number of methoxy groups -OCH3 is 1. The predicted octanol–water partition coefficient (Wildman–Crippen LogP) is 1.88. The molecule has 4 N–H and O–H groups in total. The number of unbranched alkanes of at least 4 members (excludes halogenated alkanes) is 1. The molecule has 1 aliphatic heterocycles. The number of ether oxygens (including phenoxy) is 1. The van der Waals surface area contributed by atoms with E-state index in [0.29, 0.717) is 19.4 Å². The molecule has 0 aromatic carbocycles. The molecule has 7 heteroatoms. The second-order valence-corrected chi connectivity index (χ2v) is 8.41. The van der Waals surface area contributed by atoms with Gasteiger partial charge >= 0.3 is 0 Å². The van der Waals surface area contributed by atoms with Gasteiger partial charge in [0.1, 0.15) is 12.1 Å². The molecule has 2 unspecified atom stereocenters. The molecule has 0 aliphatic carbocycles. The molecule has 1 heterocycles. The summed E-state index contributed by atoms with van der Waals surface area (Å²) in [5.41, 5.74) is 0.187. The van der Waals surface area contributed by atoms with Crippen LogP contribution in [0.25, 0.3) is 0 Å². The molecule has 0 bridgehead atoms. The minimum absolute atomic E-state index is 0.0948. The molecule has 1 aliphatic rings. The summed E-state index contributed by atoms with van der Waals surface area (Å²) in [7, 11) is 1.54. The van der Waals surface area contributed by atoms with Crippen molar-refractivity contribution in [1.29, 1.82) is 0 Å². The summed E-state index contributed by atoms with van der Waals surface area (Å²) < 4.78 is 5.27. The molecule has 0 radical (unpaired) electrons. The number of hydrogen-bond donors (Lipinski definition) is 4.